The molecule has 184 valence electrons. The average Bonchev–Trinajstić information content (AvgIpc) is 3.59. The molecule has 0 N–H and O–H groups in total. The molecule has 0 radical (unpaired) electrons. The number of carbonyl (C=O) groups is 1. The number of piperazine rings is 1. The lowest BCUT2D eigenvalue weighted by Gasteiger charge is -2.43. The Labute approximate surface area is 211 Å². The Morgan fingerprint density at radius 2 is 1.91 bits per heavy atom. The van der Waals surface area contributed by atoms with Gasteiger partial charge in [-0.2, -0.15) is 0 Å². The zero-order valence-electron chi connectivity index (χ0n) is 20.3. The van der Waals surface area contributed by atoms with Crippen LogP contribution < -0.4 is 14.4 Å². The Balaban J connectivity index is 1.35. The molecule has 1 saturated heterocycles. The van der Waals surface area contributed by atoms with Gasteiger partial charge in [-0.1, -0.05) is 30.3 Å². The predicted octanol–water partition coefficient (Wildman–Crippen LogP) is 4.98. The zero-order chi connectivity index (χ0) is 24.0. The van der Waals surface area contributed by atoms with Crippen molar-refractivity contribution in [3.8, 4) is 11.5 Å². The minimum Gasteiger partial charge on any atom is -0.493 e. The highest BCUT2D eigenvalue weighted by atomic mass is 32.1. The number of aromatic nitrogens is 1. The summed E-state index contributed by atoms with van der Waals surface area (Å²) in [7, 11) is 1.69. The molecule has 2 fully saturated rings. The summed E-state index contributed by atoms with van der Waals surface area (Å²) in [6.45, 7) is 2.26. The van der Waals surface area contributed by atoms with Crippen LogP contribution in [0.5, 0.6) is 11.5 Å². The minimum atomic E-state index is 0.0906. The SMILES string of the molecule is COc1ccc(N2CCN(C(=O)Cc3cncs3)[C@@H](Cc3ccccc3)C2)cc1OC1CCCC1. The number of methoxy groups -OCH3 is 1. The molecule has 3 aromatic rings. The molecule has 0 unspecified atom stereocenters. The van der Waals surface area contributed by atoms with Crippen molar-refractivity contribution in [2.75, 3.05) is 31.6 Å². The van der Waals surface area contributed by atoms with E-state index >= 15 is 0 Å². The maximum Gasteiger partial charge on any atom is 0.228 e. The van der Waals surface area contributed by atoms with Gasteiger partial charge in [-0.3, -0.25) is 9.78 Å². The molecule has 0 spiro atoms. The Kier molecular flexibility index (Phi) is 7.52. The average molecular weight is 492 g/mol. The molecule has 1 saturated carbocycles. The van der Waals surface area contributed by atoms with Crippen molar-refractivity contribution in [2.45, 2.75) is 50.7 Å². The van der Waals surface area contributed by atoms with E-state index in [-0.39, 0.29) is 18.1 Å². The maximum atomic E-state index is 13.3. The molecule has 1 atom stereocenters. The number of ether oxygens (including phenoxy) is 2. The Morgan fingerprint density at radius 1 is 1.09 bits per heavy atom. The second-order valence-electron chi connectivity index (χ2n) is 9.38. The van der Waals surface area contributed by atoms with E-state index in [9.17, 15) is 4.79 Å². The highest BCUT2D eigenvalue weighted by Crippen LogP contribution is 2.36. The normalized spacial score (nSPS) is 18.6. The molecule has 6 nitrogen and oxygen atoms in total. The van der Waals surface area contributed by atoms with Crippen molar-refractivity contribution in [1.29, 1.82) is 0 Å². The Morgan fingerprint density at radius 3 is 2.66 bits per heavy atom. The summed E-state index contributed by atoms with van der Waals surface area (Å²) in [5, 5.41) is 0. The van der Waals surface area contributed by atoms with Gasteiger partial charge in [0.15, 0.2) is 11.5 Å². The number of hydrogen-bond acceptors (Lipinski definition) is 6. The van der Waals surface area contributed by atoms with Crippen LogP contribution in [0.3, 0.4) is 0 Å². The first-order chi connectivity index (χ1) is 17.2. The lowest BCUT2D eigenvalue weighted by atomic mass is 10.0. The first kappa shape index (κ1) is 23.7. The highest BCUT2D eigenvalue weighted by molar-refractivity contribution is 7.09. The third-order valence-corrected chi connectivity index (χ3v) is 7.81. The number of carbonyl (C=O) groups excluding carboxylic acids is 1. The molecular formula is C28H33N3O3S. The first-order valence-electron chi connectivity index (χ1n) is 12.5. The topological polar surface area (TPSA) is 54.9 Å². The molecule has 2 aromatic carbocycles. The second kappa shape index (κ2) is 11.1. The molecule has 0 bridgehead atoms. The van der Waals surface area contributed by atoms with Gasteiger partial charge in [0.2, 0.25) is 5.91 Å². The van der Waals surface area contributed by atoms with Crippen LogP contribution in [0.1, 0.15) is 36.1 Å². The van der Waals surface area contributed by atoms with Crippen LogP contribution in [0.2, 0.25) is 0 Å². The van der Waals surface area contributed by atoms with E-state index in [1.54, 1.807) is 30.2 Å². The van der Waals surface area contributed by atoms with Crippen LogP contribution in [0.25, 0.3) is 0 Å². The standard InChI is InChI=1S/C28H33N3O3S/c1-33-26-12-11-22(16-27(26)34-24-9-5-6-10-24)30-13-14-31(28(32)17-25-18-29-20-35-25)23(19-30)15-21-7-3-2-4-8-21/h2-4,7-8,11-12,16,18,20,23-24H,5-6,9-10,13-15,17,19H2,1H3/t23-/m0/s1. The van der Waals surface area contributed by atoms with E-state index in [0.717, 1.165) is 54.4 Å². The van der Waals surface area contributed by atoms with E-state index in [1.165, 1.54) is 18.4 Å². The summed E-state index contributed by atoms with van der Waals surface area (Å²) in [4.78, 5) is 22.9. The van der Waals surface area contributed by atoms with Gasteiger partial charge in [0.1, 0.15) is 0 Å². The number of anilines is 1. The molecule has 35 heavy (non-hydrogen) atoms. The third kappa shape index (κ3) is 5.78. The predicted molar refractivity (Wildman–Crippen MR) is 140 cm³/mol. The largest absolute Gasteiger partial charge is 0.493 e. The number of amides is 1. The quantitative estimate of drug-likeness (QED) is 0.445. The van der Waals surface area contributed by atoms with Gasteiger partial charge in [-0.25, -0.2) is 0 Å². The second-order valence-corrected chi connectivity index (χ2v) is 10.4. The Bertz CT molecular complexity index is 1100. The number of hydrogen-bond donors (Lipinski definition) is 0. The number of nitrogens with zero attached hydrogens (tertiary/aromatic N) is 3. The molecule has 2 aliphatic rings. The van der Waals surface area contributed by atoms with Crippen molar-refractivity contribution >= 4 is 22.9 Å². The molecule has 7 heteroatoms. The highest BCUT2D eigenvalue weighted by Gasteiger charge is 2.31. The van der Waals surface area contributed by atoms with Crippen LogP contribution in [0.15, 0.2) is 60.2 Å². The van der Waals surface area contributed by atoms with Gasteiger partial charge >= 0.3 is 0 Å². The van der Waals surface area contributed by atoms with Gasteiger partial charge in [-0.05, 0) is 49.8 Å². The molecule has 1 aliphatic carbocycles. The van der Waals surface area contributed by atoms with Crippen LogP contribution in [0.4, 0.5) is 5.69 Å². The number of benzene rings is 2. The van der Waals surface area contributed by atoms with Gasteiger partial charge in [0.25, 0.3) is 0 Å². The van der Waals surface area contributed by atoms with E-state index in [1.807, 2.05) is 12.1 Å². The molecule has 1 amide bonds. The lowest BCUT2D eigenvalue weighted by molar-refractivity contribution is -0.133. The van der Waals surface area contributed by atoms with Crippen molar-refractivity contribution in [1.82, 2.24) is 9.88 Å². The van der Waals surface area contributed by atoms with Crippen molar-refractivity contribution in [3.05, 3.63) is 70.7 Å². The van der Waals surface area contributed by atoms with Gasteiger partial charge in [0.05, 0.1) is 31.2 Å². The van der Waals surface area contributed by atoms with Crippen LogP contribution in [0, 0.1) is 0 Å². The minimum absolute atomic E-state index is 0.0906. The lowest BCUT2D eigenvalue weighted by Crippen LogP contribution is -2.56. The van der Waals surface area contributed by atoms with Crippen LogP contribution in [-0.2, 0) is 17.6 Å². The summed E-state index contributed by atoms with van der Waals surface area (Å²) in [5.74, 6) is 1.77. The molecule has 1 aromatic heterocycles. The van der Waals surface area contributed by atoms with Gasteiger partial charge in [-0.15, -0.1) is 11.3 Å². The smallest absolute Gasteiger partial charge is 0.228 e. The van der Waals surface area contributed by atoms with Crippen molar-refractivity contribution < 1.29 is 14.3 Å². The number of thiazole rings is 1. The molecule has 2 heterocycles. The molecule has 1 aliphatic heterocycles. The van der Waals surface area contributed by atoms with E-state index in [2.05, 4.69) is 51.2 Å². The summed E-state index contributed by atoms with van der Waals surface area (Å²) in [6, 6.07) is 16.8. The summed E-state index contributed by atoms with van der Waals surface area (Å²) in [6.07, 6.45) is 7.97. The van der Waals surface area contributed by atoms with E-state index in [4.69, 9.17) is 9.47 Å². The Hall–Kier alpha value is -3.06. The fourth-order valence-electron chi connectivity index (χ4n) is 5.20. The van der Waals surface area contributed by atoms with Gasteiger partial charge in [0, 0.05) is 42.5 Å². The van der Waals surface area contributed by atoms with Crippen molar-refractivity contribution in [2.24, 2.45) is 0 Å². The first-order valence-corrected chi connectivity index (χ1v) is 13.4. The molecular weight excluding hydrogens is 458 g/mol. The van der Waals surface area contributed by atoms with Crippen LogP contribution in [-0.4, -0.2) is 54.7 Å². The van der Waals surface area contributed by atoms with E-state index < -0.39 is 0 Å². The fraction of sp³-hybridized carbons (Fsp3) is 0.429. The summed E-state index contributed by atoms with van der Waals surface area (Å²) < 4.78 is 11.9. The summed E-state index contributed by atoms with van der Waals surface area (Å²) in [5.41, 5.74) is 4.15. The van der Waals surface area contributed by atoms with E-state index in [0.29, 0.717) is 13.0 Å². The molecule has 5 rings (SSSR count). The fourth-order valence-corrected chi connectivity index (χ4v) is 5.78. The van der Waals surface area contributed by atoms with Gasteiger partial charge < -0.3 is 19.3 Å². The number of rotatable bonds is 8. The van der Waals surface area contributed by atoms with Crippen LogP contribution >= 0.6 is 11.3 Å². The summed E-state index contributed by atoms with van der Waals surface area (Å²) >= 11 is 1.54. The zero-order valence-corrected chi connectivity index (χ0v) is 21.1. The third-order valence-electron chi connectivity index (χ3n) is 7.03. The maximum absolute atomic E-state index is 13.3. The van der Waals surface area contributed by atoms with Crippen molar-refractivity contribution in [3.63, 3.8) is 0 Å². The monoisotopic (exact) mass is 491 g/mol.